The van der Waals surface area contributed by atoms with Crippen LogP contribution in [0.3, 0.4) is 0 Å². The van der Waals surface area contributed by atoms with E-state index in [9.17, 15) is 4.79 Å². The molecule has 3 heterocycles. The zero-order valence-corrected chi connectivity index (χ0v) is 18.5. The Kier molecular flexibility index (Phi) is 5.13. The Bertz CT molecular complexity index is 1270. The first-order chi connectivity index (χ1) is 15.5. The second-order valence-electron chi connectivity index (χ2n) is 8.82. The van der Waals surface area contributed by atoms with Crippen LogP contribution in [-0.2, 0) is 7.05 Å². The van der Waals surface area contributed by atoms with Crippen LogP contribution in [0, 0.1) is 5.92 Å². The van der Waals surface area contributed by atoms with E-state index in [0.29, 0.717) is 17.5 Å². The topological polar surface area (TPSA) is 89.1 Å². The Hall–Kier alpha value is -3.68. The highest BCUT2D eigenvalue weighted by atomic mass is 16.1. The van der Waals surface area contributed by atoms with Crippen LogP contribution < -0.4 is 10.6 Å². The highest BCUT2D eigenvalue weighted by Gasteiger charge is 2.23. The minimum Gasteiger partial charge on any atom is -0.382 e. The summed E-state index contributed by atoms with van der Waals surface area (Å²) in [4.78, 5) is 17.0. The molecule has 5 rings (SSSR count). The lowest BCUT2D eigenvalue weighted by Crippen LogP contribution is -2.25. The van der Waals surface area contributed by atoms with Crippen molar-refractivity contribution in [3.63, 3.8) is 0 Å². The molecule has 32 heavy (non-hydrogen) atoms. The number of fused-ring (bicyclic) bond motifs is 1. The van der Waals surface area contributed by atoms with Crippen LogP contribution in [0.2, 0.25) is 0 Å². The number of imidazole rings is 1. The molecule has 2 N–H and O–H groups in total. The minimum atomic E-state index is -0.0191. The zero-order valence-electron chi connectivity index (χ0n) is 18.5. The molecular weight excluding hydrogens is 402 g/mol. The van der Waals surface area contributed by atoms with Crippen molar-refractivity contribution < 1.29 is 4.79 Å². The van der Waals surface area contributed by atoms with E-state index < -0.39 is 0 Å². The predicted molar refractivity (Wildman–Crippen MR) is 124 cm³/mol. The SMILES string of the molecule is CC(C)CNc1cc(-c2cnn(C)c2)nn2c(-c3ccc(C(=O)NC4CC4)cc3)cnc12. The number of aryl methyl sites for hydroxylation is 1. The molecule has 1 aromatic carbocycles. The summed E-state index contributed by atoms with van der Waals surface area (Å²) < 4.78 is 3.63. The molecule has 0 aliphatic heterocycles. The third kappa shape index (κ3) is 4.08. The molecule has 1 saturated carbocycles. The number of carbonyl (C=O) groups excluding carboxylic acids is 1. The van der Waals surface area contributed by atoms with Gasteiger partial charge in [-0.2, -0.15) is 10.2 Å². The summed E-state index contributed by atoms with van der Waals surface area (Å²) in [5.74, 6) is 0.475. The number of hydrogen-bond donors (Lipinski definition) is 2. The molecule has 0 saturated heterocycles. The number of nitrogens with zero attached hydrogens (tertiary/aromatic N) is 5. The predicted octanol–water partition coefficient (Wildman–Crippen LogP) is 3.76. The van der Waals surface area contributed by atoms with Gasteiger partial charge in [-0.1, -0.05) is 26.0 Å². The second-order valence-corrected chi connectivity index (χ2v) is 8.82. The molecule has 8 heteroatoms. The van der Waals surface area contributed by atoms with E-state index in [2.05, 4.69) is 34.6 Å². The Morgan fingerprint density at radius 2 is 1.94 bits per heavy atom. The zero-order chi connectivity index (χ0) is 22.2. The monoisotopic (exact) mass is 429 g/mol. The maximum atomic E-state index is 12.3. The van der Waals surface area contributed by atoms with Gasteiger partial charge in [-0.3, -0.25) is 9.48 Å². The van der Waals surface area contributed by atoms with Gasteiger partial charge in [0.05, 0.1) is 29.5 Å². The lowest BCUT2D eigenvalue weighted by molar-refractivity contribution is 0.0951. The van der Waals surface area contributed by atoms with E-state index in [-0.39, 0.29) is 5.91 Å². The summed E-state index contributed by atoms with van der Waals surface area (Å²) in [5, 5.41) is 15.7. The molecule has 164 valence electrons. The largest absolute Gasteiger partial charge is 0.382 e. The summed E-state index contributed by atoms with van der Waals surface area (Å²) in [6.45, 7) is 5.18. The van der Waals surface area contributed by atoms with Gasteiger partial charge < -0.3 is 10.6 Å². The highest BCUT2D eigenvalue weighted by Crippen LogP contribution is 2.28. The number of rotatable bonds is 7. The number of aromatic nitrogens is 5. The summed E-state index contributed by atoms with van der Waals surface area (Å²) >= 11 is 0. The summed E-state index contributed by atoms with van der Waals surface area (Å²) in [5.41, 5.74) is 5.93. The van der Waals surface area contributed by atoms with Crippen molar-refractivity contribution in [1.29, 1.82) is 0 Å². The molecule has 8 nitrogen and oxygen atoms in total. The Morgan fingerprint density at radius 1 is 1.16 bits per heavy atom. The van der Waals surface area contributed by atoms with Gasteiger partial charge in [0, 0.05) is 42.5 Å². The van der Waals surface area contributed by atoms with Crippen LogP contribution >= 0.6 is 0 Å². The van der Waals surface area contributed by atoms with Gasteiger partial charge in [-0.05, 0) is 37.0 Å². The smallest absolute Gasteiger partial charge is 0.251 e. The molecule has 0 bridgehead atoms. The molecular formula is C24H27N7O. The summed E-state index contributed by atoms with van der Waals surface area (Å²) in [6.07, 6.45) is 7.73. The molecule has 4 aromatic rings. The first-order valence-electron chi connectivity index (χ1n) is 11.0. The van der Waals surface area contributed by atoms with Crippen molar-refractivity contribution >= 4 is 17.2 Å². The first-order valence-corrected chi connectivity index (χ1v) is 11.0. The molecule has 1 aliphatic rings. The molecule has 0 spiro atoms. The van der Waals surface area contributed by atoms with Crippen molar-refractivity contribution in [1.82, 2.24) is 29.7 Å². The van der Waals surface area contributed by atoms with Crippen LogP contribution in [0.25, 0.3) is 28.2 Å². The quantitative estimate of drug-likeness (QED) is 0.467. The number of benzene rings is 1. The lowest BCUT2D eigenvalue weighted by Gasteiger charge is -2.12. The molecule has 3 aromatic heterocycles. The standard InChI is InChI=1S/C24H27N7O/c1-15(2)11-25-21-10-20(18-12-27-30(3)14-18)29-31-22(13-26-23(21)31)16-4-6-17(7-5-16)24(32)28-19-8-9-19/h4-7,10,12-15,19,25H,8-9,11H2,1-3H3,(H,28,32). The van der Waals surface area contributed by atoms with Crippen molar-refractivity contribution in [3.05, 3.63) is 54.5 Å². The van der Waals surface area contributed by atoms with Crippen LogP contribution in [-0.4, -0.2) is 42.9 Å². The number of carbonyl (C=O) groups is 1. The normalized spacial score (nSPS) is 13.6. The van der Waals surface area contributed by atoms with Gasteiger partial charge in [0.1, 0.15) is 0 Å². The molecule has 1 aliphatic carbocycles. The van der Waals surface area contributed by atoms with E-state index in [4.69, 9.17) is 5.10 Å². The van der Waals surface area contributed by atoms with Gasteiger partial charge in [-0.15, -0.1) is 0 Å². The third-order valence-corrected chi connectivity index (χ3v) is 5.52. The first kappa shape index (κ1) is 20.2. The minimum absolute atomic E-state index is 0.0191. The molecule has 0 unspecified atom stereocenters. The van der Waals surface area contributed by atoms with Crippen molar-refractivity contribution in [3.8, 4) is 22.5 Å². The third-order valence-electron chi connectivity index (χ3n) is 5.52. The van der Waals surface area contributed by atoms with Crippen LogP contribution in [0.5, 0.6) is 0 Å². The average Bonchev–Trinajstić information content (AvgIpc) is 3.31. The summed E-state index contributed by atoms with van der Waals surface area (Å²) in [6, 6.07) is 9.98. The Morgan fingerprint density at radius 3 is 2.59 bits per heavy atom. The van der Waals surface area contributed by atoms with Gasteiger partial charge in [0.15, 0.2) is 5.65 Å². The Balaban J connectivity index is 1.54. The fourth-order valence-corrected chi connectivity index (χ4v) is 3.59. The van der Waals surface area contributed by atoms with Gasteiger partial charge in [0.25, 0.3) is 5.91 Å². The van der Waals surface area contributed by atoms with Crippen molar-refractivity contribution in [2.45, 2.75) is 32.7 Å². The molecule has 1 fully saturated rings. The van der Waals surface area contributed by atoms with Gasteiger partial charge in [0.2, 0.25) is 0 Å². The number of amides is 1. The lowest BCUT2D eigenvalue weighted by atomic mass is 10.1. The van der Waals surface area contributed by atoms with E-state index in [1.807, 2.05) is 60.5 Å². The fourth-order valence-electron chi connectivity index (χ4n) is 3.59. The maximum Gasteiger partial charge on any atom is 0.251 e. The van der Waals surface area contributed by atoms with Gasteiger partial charge >= 0.3 is 0 Å². The van der Waals surface area contributed by atoms with E-state index in [0.717, 1.165) is 53.2 Å². The number of nitrogens with one attached hydrogen (secondary N) is 2. The maximum absolute atomic E-state index is 12.3. The van der Waals surface area contributed by atoms with Crippen molar-refractivity contribution in [2.24, 2.45) is 13.0 Å². The van der Waals surface area contributed by atoms with Gasteiger partial charge in [-0.25, -0.2) is 9.50 Å². The molecule has 0 radical (unpaired) electrons. The Labute approximate surface area is 186 Å². The van der Waals surface area contributed by atoms with Crippen LogP contribution in [0.1, 0.15) is 37.0 Å². The molecule has 1 amide bonds. The van der Waals surface area contributed by atoms with Crippen molar-refractivity contribution in [2.75, 3.05) is 11.9 Å². The number of anilines is 1. The summed E-state index contributed by atoms with van der Waals surface area (Å²) in [7, 11) is 1.89. The van der Waals surface area contributed by atoms with E-state index in [1.165, 1.54) is 0 Å². The fraction of sp³-hybridized carbons (Fsp3) is 0.333. The molecule has 0 atom stereocenters. The van der Waals surface area contributed by atoms with Crippen LogP contribution in [0.4, 0.5) is 5.69 Å². The highest BCUT2D eigenvalue weighted by molar-refractivity contribution is 5.95. The number of hydrogen-bond acceptors (Lipinski definition) is 5. The second kappa shape index (κ2) is 8.11. The van der Waals surface area contributed by atoms with Crippen LogP contribution in [0.15, 0.2) is 48.9 Å². The van der Waals surface area contributed by atoms with E-state index in [1.54, 1.807) is 4.68 Å². The average molecular weight is 430 g/mol. The van der Waals surface area contributed by atoms with E-state index >= 15 is 0 Å².